The molecular weight excluding hydrogens is 688 g/mol. The Morgan fingerprint density at radius 2 is 1.73 bits per heavy atom. The number of nitrogens with zero attached hydrogens (tertiary/aromatic N) is 8. The van der Waals surface area contributed by atoms with Gasteiger partial charge in [-0.15, -0.1) is 28.0 Å². The number of likely N-dealkylation sites (N-methyl/N-ethyl adjacent to an activating group) is 1. The summed E-state index contributed by atoms with van der Waals surface area (Å²) in [7, 11) is 2.08. The summed E-state index contributed by atoms with van der Waals surface area (Å²) in [6.45, 7) is 10.4. The zero-order valence-electron chi connectivity index (χ0n) is 29.1. The molecule has 14 heteroatoms. The number of aromatic nitrogens is 5. The third kappa shape index (κ3) is 8.94. The van der Waals surface area contributed by atoms with Crippen molar-refractivity contribution in [1.29, 1.82) is 0 Å². The minimum atomic E-state index is -0.515. The van der Waals surface area contributed by atoms with Crippen molar-refractivity contribution in [3.63, 3.8) is 0 Å². The van der Waals surface area contributed by atoms with E-state index >= 15 is 0 Å². The van der Waals surface area contributed by atoms with Crippen LogP contribution in [0.25, 0.3) is 5.00 Å². The molecule has 2 aliphatic rings. The van der Waals surface area contributed by atoms with Crippen molar-refractivity contribution < 1.29 is 19.0 Å². The van der Waals surface area contributed by atoms with Crippen LogP contribution >= 0.6 is 22.9 Å². The van der Waals surface area contributed by atoms with Gasteiger partial charge in [0.1, 0.15) is 23.5 Å². The number of hydrogen-bond donors (Lipinski definition) is 0. The van der Waals surface area contributed by atoms with Gasteiger partial charge in [-0.1, -0.05) is 41.5 Å². The maximum absolute atomic E-state index is 13.6. The van der Waals surface area contributed by atoms with E-state index in [1.165, 1.54) is 0 Å². The lowest BCUT2D eigenvalue weighted by Crippen LogP contribution is -2.47. The molecule has 51 heavy (non-hydrogen) atoms. The minimum absolute atomic E-state index is 0.0625. The number of piperazine rings is 1. The molecule has 4 aromatic rings. The van der Waals surface area contributed by atoms with Crippen LogP contribution in [0.5, 0.6) is 0 Å². The average Bonchev–Trinajstić information content (AvgIpc) is 3.81. The van der Waals surface area contributed by atoms with Gasteiger partial charge in [-0.2, -0.15) is 5.10 Å². The standard InChI is InChI=1S/C37H41ClN8O4S/c1-5-17-48-19-21-50-22-20-49-18-16-45-25-28(24-39-45)6-11-32-26(2)34-35(29-7-9-30(38)10-8-29)40-31(23-33(47)44-14-12-43(4)13-15-44)36-42-41-27(3)46(36)37(34)51-32/h1,7-10,24-25,31H,12-23H2,2-4H3/t31-/m0/s1. The topological polar surface area (TPSA) is 112 Å². The molecule has 6 rings (SSSR count). The number of aliphatic imine (C=N–C) groups is 1. The number of thiophene rings is 1. The molecule has 1 atom stereocenters. The van der Waals surface area contributed by atoms with Crippen molar-refractivity contribution in [3.8, 4) is 29.2 Å². The van der Waals surface area contributed by atoms with E-state index in [-0.39, 0.29) is 18.9 Å². The zero-order chi connectivity index (χ0) is 35.7. The van der Waals surface area contributed by atoms with Crippen molar-refractivity contribution >= 4 is 34.6 Å². The second kappa shape index (κ2) is 17.2. The molecule has 3 aromatic heterocycles. The first-order valence-corrected chi connectivity index (χ1v) is 18.1. The number of carbonyl (C=O) groups excluding carboxylic acids is 1. The quantitative estimate of drug-likeness (QED) is 0.151. The van der Waals surface area contributed by atoms with Gasteiger partial charge < -0.3 is 24.0 Å². The lowest BCUT2D eigenvalue weighted by Gasteiger charge is -2.33. The molecule has 266 valence electrons. The van der Waals surface area contributed by atoms with Gasteiger partial charge >= 0.3 is 0 Å². The fourth-order valence-electron chi connectivity index (χ4n) is 5.90. The van der Waals surface area contributed by atoms with E-state index in [4.69, 9.17) is 37.2 Å². The van der Waals surface area contributed by atoms with Crippen molar-refractivity contribution in [2.75, 3.05) is 72.9 Å². The summed E-state index contributed by atoms with van der Waals surface area (Å²) in [5.74, 6) is 10.5. The fraction of sp³-hybridized carbons (Fsp3) is 0.432. The molecule has 5 heterocycles. The largest absolute Gasteiger partial charge is 0.377 e. The summed E-state index contributed by atoms with van der Waals surface area (Å²) < 4.78 is 20.2. The van der Waals surface area contributed by atoms with Gasteiger partial charge in [0.15, 0.2) is 5.82 Å². The van der Waals surface area contributed by atoms with Gasteiger partial charge in [-0.25, -0.2) is 0 Å². The van der Waals surface area contributed by atoms with Crippen LogP contribution in [0, 0.1) is 38.0 Å². The molecule has 0 unspecified atom stereocenters. The van der Waals surface area contributed by atoms with E-state index < -0.39 is 6.04 Å². The Morgan fingerprint density at radius 3 is 2.47 bits per heavy atom. The SMILES string of the molecule is C#CCOCCOCCOCCn1cc(C#Cc2sc3c(c2C)C(c2ccc(Cl)cc2)=N[C@@H](CC(=O)N2CCN(C)CC2)c2nnc(C)n2-3)cn1. The van der Waals surface area contributed by atoms with Gasteiger partial charge in [0, 0.05) is 48.5 Å². The van der Waals surface area contributed by atoms with Gasteiger partial charge in [-0.3, -0.25) is 19.0 Å². The van der Waals surface area contributed by atoms with E-state index in [1.54, 1.807) is 17.5 Å². The molecule has 2 aliphatic heterocycles. The van der Waals surface area contributed by atoms with Crippen LogP contribution in [-0.2, 0) is 25.5 Å². The molecule has 1 saturated heterocycles. The van der Waals surface area contributed by atoms with Crippen LogP contribution in [0.1, 0.15) is 51.2 Å². The highest BCUT2D eigenvalue weighted by molar-refractivity contribution is 7.15. The van der Waals surface area contributed by atoms with Gasteiger partial charge in [-0.05, 0) is 38.6 Å². The van der Waals surface area contributed by atoms with Crippen molar-refractivity contribution in [2.45, 2.75) is 32.9 Å². The summed E-state index contributed by atoms with van der Waals surface area (Å²) in [6, 6.07) is 7.14. The number of rotatable bonds is 13. The van der Waals surface area contributed by atoms with Crippen molar-refractivity contribution in [1.82, 2.24) is 34.3 Å². The van der Waals surface area contributed by atoms with Crippen molar-refractivity contribution in [3.05, 3.63) is 80.5 Å². The maximum atomic E-state index is 13.6. The number of hydrogen-bond acceptors (Lipinski definition) is 10. The third-order valence-electron chi connectivity index (χ3n) is 8.69. The monoisotopic (exact) mass is 728 g/mol. The first-order chi connectivity index (χ1) is 24.8. The van der Waals surface area contributed by atoms with E-state index in [1.807, 2.05) is 51.5 Å². The molecule has 0 saturated carbocycles. The third-order valence-corrected chi connectivity index (χ3v) is 10.1. The minimum Gasteiger partial charge on any atom is -0.377 e. The number of fused-ring (bicyclic) bond motifs is 3. The number of ether oxygens (including phenoxy) is 3. The van der Waals surface area contributed by atoms with Crippen LogP contribution in [0.3, 0.4) is 0 Å². The molecule has 0 spiro atoms. The van der Waals surface area contributed by atoms with E-state index in [2.05, 4.69) is 51.9 Å². The second-order valence-corrected chi connectivity index (χ2v) is 13.7. The first-order valence-electron chi connectivity index (χ1n) is 16.9. The predicted octanol–water partition coefficient (Wildman–Crippen LogP) is 3.93. The van der Waals surface area contributed by atoms with E-state index in [0.29, 0.717) is 63.5 Å². The number of aryl methyl sites for hydroxylation is 1. The number of terminal acetylenes is 1. The Balaban J connectivity index is 1.21. The zero-order valence-corrected chi connectivity index (χ0v) is 30.7. The summed E-state index contributed by atoms with van der Waals surface area (Å²) >= 11 is 7.87. The summed E-state index contributed by atoms with van der Waals surface area (Å²) in [4.78, 5) is 24.0. The highest BCUT2D eigenvalue weighted by atomic mass is 35.5. The van der Waals surface area contributed by atoms with Crippen LogP contribution in [0.15, 0.2) is 41.7 Å². The van der Waals surface area contributed by atoms with Gasteiger partial charge in [0.25, 0.3) is 0 Å². The Hall–Kier alpha value is -4.34. The lowest BCUT2D eigenvalue weighted by molar-refractivity contribution is -0.133. The Morgan fingerprint density at radius 1 is 1.00 bits per heavy atom. The number of benzene rings is 1. The highest BCUT2D eigenvalue weighted by Gasteiger charge is 2.34. The van der Waals surface area contributed by atoms with Gasteiger partial charge in [0.05, 0.1) is 68.3 Å². The van der Waals surface area contributed by atoms with Crippen LogP contribution in [0.2, 0.25) is 5.02 Å². The first kappa shape index (κ1) is 36.5. The molecular formula is C37H41ClN8O4S. The normalized spacial score (nSPS) is 15.7. The maximum Gasteiger partial charge on any atom is 0.225 e. The highest BCUT2D eigenvalue weighted by Crippen LogP contribution is 2.40. The van der Waals surface area contributed by atoms with E-state index in [0.717, 1.165) is 56.8 Å². The number of carbonyl (C=O) groups is 1. The van der Waals surface area contributed by atoms with Crippen LogP contribution < -0.4 is 0 Å². The van der Waals surface area contributed by atoms with E-state index in [9.17, 15) is 4.79 Å². The molecule has 0 bridgehead atoms. The number of amides is 1. The summed E-state index contributed by atoms with van der Waals surface area (Å²) in [5, 5.41) is 15.0. The Kier molecular flexibility index (Phi) is 12.3. The Bertz CT molecular complexity index is 1960. The lowest BCUT2D eigenvalue weighted by atomic mass is 9.99. The van der Waals surface area contributed by atoms with Crippen LogP contribution in [-0.4, -0.2) is 119 Å². The molecule has 1 fully saturated rings. The molecule has 0 N–H and O–H groups in total. The van der Waals surface area contributed by atoms with Crippen molar-refractivity contribution in [2.24, 2.45) is 4.99 Å². The fourth-order valence-corrected chi connectivity index (χ4v) is 7.24. The predicted molar refractivity (Wildman–Crippen MR) is 197 cm³/mol. The molecule has 12 nitrogen and oxygen atoms in total. The average molecular weight is 729 g/mol. The van der Waals surface area contributed by atoms with Crippen LogP contribution in [0.4, 0.5) is 0 Å². The summed E-state index contributed by atoms with van der Waals surface area (Å²) in [5.41, 5.74) is 4.41. The molecule has 1 amide bonds. The number of halogens is 1. The second-order valence-electron chi connectivity index (χ2n) is 12.3. The smallest absolute Gasteiger partial charge is 0.225 e. The Labute approximate surface area is 307 Å². The summed E-state index contributed by atoms with van der Waals surface area (Å²) in [6.07, 6.45) is 9.02. The molecule has 1 aromatic carbocycles. The molecule has 0 aliphatic carbocycles. The molecule has 0 radical (unpaired) electrons. The van der Waals surface area contributed by atoms with Gasteiger partial charge in [0.2, 0.25) is 5.91 Å².